The quantitative estimate of drug-likeness (QED) is 0.879. The van der Waals surface area contributed by atoms with Gasteiger partial charge >= 0.3 is 0 Å². The third kappa shape index (κ3) is 4.87. The van der Waals surface area contributed by atoms with Crippen molar-refractivity contribution >= 4 is 15.7 Å². The number of aryl methyl sites for hydroxylation is 1. The van der Waals surface area contributed by atoms with Crippen LogP contribution in [0.1, 0.15) is 25.0 Å². The Morgan fingerprint density at radius 1 is 1.28 bits per heavy atom. The largest absolute Gasteiger partial charge is 0.353 e. The van der Waals surface area contributed by atoms with Gasteiger partial charge in [0.25, 0.3) is 0 Å². The van der Waals surface area contributed by atoms with Crippen LogP contribution in [0.4, 0.5) is 0 Å². The molecule has 0 unspecified atom stereocenters. The molecule has 0 aliphatic rings. The fourth-order valence-electron chi connectivity index (χ4n) is 1.62. The second-order valence-corrected chi connectivity index (χ2v) is 6.75. The molecule has 0 radical (unpaired) electrons. The molecule has 4 nitrogen and oxygen atoms in total. The Kier molecular flexibility index (Phi) is 4.90. The topological polar surface area (TPSA) is 63.2 Å². The standard InChI is InChI=1S/C13H19NO3S/c1-10(2)14-13(15)9-18(16,17)8-12-7-5-4-6-11(12)3/h4-7,10H,8-9H2,1-3H3,(H,14,15). The molecule has 0 saturated carbocycles. The fourth-order valence-corrected chi connectivity index (χ4v) is 3.01. The molecule has 0 spiro atoms. The van der Waals surface area contributed by atoms with Crippen molar-refractivity contribution in [2.45, 2.75) is 32.6 Å². The van der Waals surface area contributed by atoms with Gasteiger partial charge in [0.2, 0.25) is 5.91 Å². The Balaban J connectivity index is 2.72. The smallest absolute Gasteiger partial charge is 0.235 e. The summed E-state index contributed by atoms with van der Waals surface area (Å²) in [5, 5.41) is 2.58. The first-order valence-electron chi connectivity index (χ1n) is 5.84. The van der Waals surface area contributed by atoms with E-state index >= 15 is 0 Å². The Bertz CT molecular complexity index is 521. The molecule has 1 rings (SSSR count). The van der Waals surface area contributed by atoms with Gasteiger partial charge in [-0.05, 0) is 31.9 Å². The van der Waals surface area contributed by atoms with Crippen LogP contribution in [0.5, 0.6) is 0 Å². The summed E-state index contributed by atoms with van der Waals surface area (Å²) in [6.07, 6.45) is 0. The maximum atomic E-state index is 11.9. The molecule has 1 amide bonds. The van der Waals surface area contributed by atoms with Gasteiger partial charge in [-0.3, -0.25) is 4.79 Å². The molecule has 0 aromatic heterocycles. The lowest BCUT2D eigenvalue weighted by Crippen LogP contribution is -2.35. The van der Waals surface area contributed by atoms with Gasteiger partial charge in [-0.2, -0.15) is 0 Å². The molecule has 1 aromatic carbocycles. The van der Waals surface area contributed by atoms with Crippen LogP contribution in [0.15, 0.2) is 24.3 Å². The normalized spacial score (nSPS) is 11.6. The van der Waals surface area contributed by atoms with Crippen molar-refractivity contribution in [2.75, 3.05) is 5.75 Å². The van der Waals surface area contributed by atoms with Gasteiger partial charge in [0.05, 0.1) is 5.75 Å². The van der Waals surface area contributed by atoms with Gasteiger partial charge in [-0.25, -0.2) is 8.42 Å². The number of rotatable bonds is 5. The van der Waals surface area contributed by atoms with E-state index in [2.05, 4.69) is 5.32 Å². The number of hydrogen-bond acceptors (Lipinski definition) is 3. The zero-order chi connectivity index (χ0) is 13.8. The summed E-state index contributed by atoms with van der Waals surface area (Å²) in [6, 6.07) is 7.24. The Morgan fingerprint density at radius 2 is 1.89 bits per heavy atom. The summed E-state index contributed by atoms with van der Waals surface area (Å²) in [4.78, 5) is 11.5. The van der Waals surface area contributed by atoms with Gasteiger partial charge in [-0.1, -0.05) is 24.3 Å². The van der Waals surface area contributed by atoms with Crippen LogP contribution in [-0.4, -0.2) is 26.1 Å². The summed E-state index contributed by atoms with van der Waals surface area (Å²) in [7, 11) is -3.41. The minimum atomic E-state index is -3.41. The Labute approximate surface area is 108 Å². The van der Waals surface area contributed by atoms with E-state index in [1.165, 1.54) is 0 Å². The number of carbonyl (C=O) groups excluding carboxylic acids is 1. The van der Waals surface area contributed by atoms with E-state index in [4.69, 9.17) is 0 Å². The van der Waals surface area contributed by atoms with Crippen molar-refractivity contribution in [1.29, 1.82) is 0 Å². The average molecular weight is 269 g/mol. The van der Waals surface area contributed by atoms with Gasteiger partial charge in [0.1, 0.15) is 5.75 Å². The van der Waals surface area contributed by atoms with Crippen molar-refractivity contribution in [3.8, 4) is 0 Å². The van der Waals surface area contributed by atoms with Gasteiger partial charge in [-0.15, -0.1) is 0 Å². The fraction of sp³-hybridized carbons (Fsp3) is 0.462. The van der Waals surface area contributed by atoms with E-state index in [1.54, 1.807) is 26.0 Å². The second-order valence-electron chi connectivity index (χ2n) is 4.68. The number of amides is 1. The van der Waals surface area contributed by atoms with Crippen molar-refractivity contribution in [3.05, 3.63) is 35.4 Å². The third-order valence-corrected chi connectivity index (χ3v) is 3.89. The molecule has 0 fully saturated rings. The van der Waals surface area contributed by atoms with Crippen molar-refractivity contribution in [2.24, 2.45) is 0 Å². The Morgan fingerprint density at radius 3 is 2.44 bits per heavy atom. The van der Waals surface area contributed by atoms with Gasteiger partial charge in [0, 0.05) is 6.04 Å². The van der Waals surface area contributed by atoms with Crippen LogP contribution in [0, 0.1) is 6.92 Å². The van der Waals surface area contributed by atoms with Gasteiger partial charge < -0.3 is 5.32 Å². The zero-order valence-electron chi connectivity index (χ0n) is 10.9. The molecule has 0 bridgehead atoms. The van der Waals surface area contributed by atoms with Crippen LogP contribution in [0.2, 0.25) is 0 Å². The van der Waals surface area contributed by atoms with E-state index in [0.717, 1.165) is 11.1 Å². The highest BCUT2D eigenvalue weighted by atomic mass is 32.2. The molecule has 0 saturated heterocycles. The van der Waals surface area contributed by atoms with Gasteiger partial charge in [0.15, 0.2) is 9.84 Å². The zero-order valence-corrected chi connectivity index (χ0v) is 11.8. The lowest BCUT2D eigenvalue weighted by Gasteiger charge is -2.10. The van der Waals surface area contributed by atoms with E-state index in [-0.39, 0.29) is 11.8 Å². The maximum Gasteiger partial charge on any atom is 0.235 e. The van der Waals surface area contributed by atoms with Crippen LogP contribution in [0.3, 0.4) is 0 Å². The van der Waals surface area contributed by atoms with E-state index < -0.39 is 21.5 Å². The number of sulfone groups is 1. The first-order valence-corrected chi connectivity index (χ1v) is 7.66. The highest BCUT2D eigenvalue weighted by molar-refractivity contribution is 7.91. The van der Waals surface area contributed by atoms with Crippen molar-refractivity contribution < 1.29 is 13.2 Å². The first-order chi connectivity index (χ1) is 8.30. The molecule has 100 valence electrons. The minimum Gasteiger partial charge on any atom is -0.353 e. The molecule has 1 aromatic rings. The van der Waals surface area contributed by atoms with E-state index in [0.29, 0.717) is 0 Å². The first kappa shape index (κ1) is 14.7. The van der Waals surface area contributed by atoms with Crippen LogP contribution in [-0.2, 0) is 20.4 Å². The summed E-state index contributed by atoms with van der Waals surface area (Å²) in [5.74, 6) is -0.997. The predicted octanol–water partition coefficient (Wildman–Crippen LogP) is 1.43. The predicted molar refractivity (Wildman–Crippen MR) is 71.9 cm³/mol. The van der Waals surface area contributed by atoms with Crippen LogP contribution < -0.4 is 5.32 Å². The molecule has 5 heteroatoms. The summed E-state index contributed by atoms with van der Waals surface area (Å²) in [5.41, 5.74) is 1.67. The summed E-state index contributed by atoms with van der Waals surface area (Å²) < 4.78 is 23.8. The summed E-state index contributed by atoms with van der Waals surface area (Å²) in [6.45, 7) is 5.46. The SMILES string of the molecule is Cc1ccccc1CS(=O)(=O)CC(=O)NC(C)C. The lowest BCUT2D eigenvalue weighted by atomic mass is 10.1. The number of nitrogens with one attached hydrogen (secondary N) is 1. The molecule has 18 heavy (non-hydrogen) atoms. The molecule has 1 N–H and O–H groups in total. The summed E-state index contributed by atoms with van der Waals surface area (Å²) >= 11 is 0. The second kappa shape index (κ2) is 6.00. The molecule has 0 heterocycles. The number of benzene rings is 1. The number of carbonyl (C=O) groups is 1. The monoisotopic (exact) mass is 269 g/mol. The average Bonchev–Trinajstić information content (AvgIpc) is 2.18. The lowest BCUT2D eigenvalue weighted by molar-refractivity contribution is -0.119. The molecule has 0 aliphatic carbocycles. The van der Waals surface area contributed by atoms with E-state index in [9.17, 15) is 13.2 Å². The van der Waals surface area contributed by atoms with Crippen molar-refractivity contribution in [1.82, 2.24) is 5.32 Å². The third-order valence-electron chi connectivity index (χ3n) is 2.44. The molecular weight excluding hydrogens is 250 g/mol. The van der Waals surface area contributed by atoms with Crippen LogP contribution in [0.25, 0.3) is 0 Å². The minimum absolute atomic E-state index is 0.0499. The maximum absolute atomic E-state index is 11.9. The molecule has 0 aliphatic heterocycles. The Hall–Kier alpha value is -1.36. The highest BCUT2D eigenvalue weighted by Gasteiger charge is 2.18. The number of hydrogen-bond donors (Lipinski definition) is 1. The van der Waals surface area contributed by atoms with Crippen molar-refractivity contribution in [3.63, 3.8) is 0 Å². The highest BCUT2D eigenvalue weighted by Crippen LogP contribution is 2.11. The van der Waals surface area contributed by atoms with Crippen LogP contribution >= 0.6 is 0 Å². The molecule has 0 atom stereocenters. The molecular formula is C13H19NO3S. The van der Waals surface area contributed by atoms with E-state index in [1.807, 2.05) is 19.1 Å².